The van der Waals surface area contributed by atoms with Crippen molar-refractivity contribution in [2.45, 2.75) is 149 Å². The van der Waals surface area contributed by atoms with E-state index in [1.54, 1.807) is 6.08 Å². The molecule has 6 heteroatoms. The lowest BCUT2D eigenvalue weighted by molar-refractivity contribution is -0.152. The second-order valence-corrected chi connectivity index (χ2v) is 11.6. The monoisotopic (exact) mass is 590 g/mol. The van der Waals surface area contributed by atoms with Crippen LogP contribution < -0.4 is 0 Å². The molecule has 0 aromatic carbocycles. The van der Waals surface area contributed by atoms with E-state index in [9.17, 15) is 19.8 Å². The van der Waals surface area contributed by atoms with Crippen molar-refractivity contribution in [3.8, 4) is 0 Å². The van der Waals surface area contributed by atoms with Gasteiger partial charge in [-0.25, -0.2) is 0 Å². The van der Waals surface area contributed by atoms with Crippen LogP contribution >= 0.6 is 0 Å². The molecular formula is C36H62O6. The molecule has 0 heterocycles. The first-order valence-electron chi connectivity index (χ1n) is 16.7. The normalized spacial score (nSPS) is 13.7. The van der Waals surface area contributed by atoms with Gasteiger partial charge in [0.05, 0.1) is 6.10 Å². The van der Waals surface area contributed by atoms with E-state index in [2.05, 4.69) is 39.0 Å². The van der Waals surface area contributed by atoms with Gasteiger partial charge in [0, 0.05) is 12.8 Å². The van der Waals surface area contributed by atoms with Gasteiger partial charge in [-0.3, -0.25) is 9.59 Å². The van der Waals surface area contributed by atoms with Crippen molar-refractivity contribution < 1.29 is 29.3 Å². The van der Waals surface area contributed by atoms with E-state index < -0.39 is 12.2 Å². The molecule has 2 N–H and O–H groups in total. The van der Waals surface area contributed by atoms with Crippen molar-refractivity contribution >= 4 is 11.9 Å². The Kier molecular flexibility index (Phi) is 28.7. The van der Waals surface area contributed by atoms with Crippen molar-refractivity contribution in [2.24, 2.45) is 5.92 Å². The lowest BCUT2D eigenvalue weighted by Crippen LogP contribution is -2.25. The number of unbranched alkanes of at least 4 members (excludes halogenated alkanes) is 10. The Balaban J connectivity index is 3.70. The summed E-state index contributed by atoms with van der Waals surface area (Å²) >= 11 is 0. The smallest absolute Gasteiger partial charge is 0.305 e. The molecule has 242 valence electrons. The van der Waals surface area contributed by atoms with Gasteiger partial charge in [-0.15, -0.1) is 0 Å². The molecule has 0 bridgehead atoms. The summed E-state index contributed by atoms with van der Waals surface area (Å²) in [5, 5.41) is 19.9. The van der Waals surface area contributed by atoms with Crippen LogP contribution in [0.15, 0.2) is 48.6 Å². The van der Waals surface area contributed by atoms with E-state index in [0.29, 0.717) is 25.7 Å². The third-order valence-corrected chi connectivity index (χ3v) is 6.83. The summed E-state index contributed by atoms with van der Waals surface area (Å²) in [6, 6.07) is 0. The quantitative estimate of drug-likeness (QED) is 0.0410. The van der Waals surface area contributed by atoms with Crippen LogP contribution in [0.1, 0.15) is 136 Å². The molecule has 0 amide bonds. The summed E-state index contributed by atoms with van der Waals surface area (Å²) in [5.41, 5.74) is 0. The van der Waals surface area contributed by atoms with Crippen molar-refractivity contribution in [1.82, 2.24) is 0 Å². The molecule has 2 atom stereocenters. The van der Waals surface area contributed by atoms with Gasteiger partial charge < -0.3 is 19.7 Å². The van der Waals surface area contributed by atoms with Crippen molar-refractivity contribution in [2.75, 3.05) is 13.2 Å². The van der Waals surface area contributed by atoms with Gasteiger partial charge in [-0.2, -0.15) is 0 Å². The molecule has 0 radical (unpaired) electrons. The van der Waals surface area contributed by atoms with Crippen LogP contribution in [-0.2, 0) is 19.1 Å². The first-order chi connectivity index (χ1) is 20.3. The van der Waals surface area contributed by atoms with E-state index in [1.807, 2.05) is 24.3 Å². The van der Waals surface area contributed by atoms with Gasteiger partial charge in [0.15, 0.2) is 0 Å². The zero-order valence-electron chi connectivity index (χ0n) is 27.0. The van der Waals surface area contributed by atoms with E-state index >= 15 is 0 Å². The second-order valence-electron chi connectivity index (χ2n) is 11.6. The van der Waals surface area contributed by atoms with E-state index in [0.717, 1.165) is 38.0 Å². The Labute approximate surface area is 257 Å². The summed E-state index contributed by atoms with van der Waals surface area (Å²) in [6.45, 7) is 6.39. The molecular weight excluding hydrogens is 528 g/mol. The number of aliphatic hydroxyl groups is 2. The second kappa shape index (κ2) is 30.3. The Morgan fingerprint density at radius 2 is 1.26 bits per heavy atom. The summed E-state index contributed by atoms with van der Waals surface area (Å²) in [6.07, 6.45) is 32.0. The molecule has 6 nitrogen and oxygen atoms in total. The van der Waals surface area contributed by atoms with Crippen molar-refractivity contribution in [3.63, 3.8) is 0 Å². The number of carbonyl (C=O) groups is 2. The van der Waals surface area contributed by atoms with Crippen LogP contribution in [0.2, 0.25) is 0 Å². The number of aliphatic hydroxyl groups excluding tert-OH is 2. The lowest BCUT2D eigenvalue weighted by atomic mass is 10.0. The molecule has 0 spiro atoms. The Hall–Kier alpha value is -2.18. The molecule has 0 aromatic rings. The molecule has 0 aliphatic carbocycles. The van der Waals surface area contributed by atoms with Gasteiger partial charge in [0.2, 0.25) is 0 Å². The maximum Gasteiger partial charge on any atom is 0.305 e. The molecule has 1 unspecified atom stereocenters. The van der Waals surface area contributed by atoms with Crippen molar-refractivity contribution in [3.05, 3.63) is 48.6 Å². The van der Waals surface area contributed by atoms with Crippen LogP contribution in [-0.4, -0.2) is 47.6 Å². The SMILES string of the molecule is CCCCC/C=C\C/C=C\CC(O)/C=C\C=C\CCCC(=O)OC[C@@H](O)COC(=O)CCCCCCCCCC(C)C. The first-order valence-corrected chi connectivity index (χ1v) is 16.7. The predicted molar refractivity (Wildman–Crippen MR) is 174 cm³/mol. The number of ether oxygens (including phenoxy) is 2. The van der Waals surface area contributed by atoms with Crippen LogP contribution in [0.25, 0.3) is 0 Å². The molecule has 0 aromatic heterocycles. The van der Waals surface area contributed by atoms with E-state index in [-0.39, 0.29) is 31.6 Å². The fraction of sp³-hybridized carbons (Fsp3) is 0.722. The minimum Gasteiger partial charge on any atom is -0.463 e. The largest absolute Gasteiger partial charge is 0.463 e. The van der Waals surface area contributed by atoms with Crippen molar-refractivity contribution in [1.29, 1.82) is 0 Å². The summed E-state index contributed by atoms with van der Waals surface area (Å²) in [4.78, 5) is 23.7. The highest BCUT2D eigenvalue weighted by molar-refractivity contribution is 5.69. The third-order valence-electron chi connectivity index (χ3n) is 6.83. The maximum atomic E-state index is 11.9. The highest BCUT2D eigenvalue weighted by Gasteiger charge is 2.12. The number of allylic oxidation sites excluding steroid dienone is 6. The molecule has 0 aliphatic heterocycles. The topological polar surface area (TPSA) is 93.1 Å². The highest BCUT2D eigenvalue weighted by Crippen LogP contribution is 2.13. The van der Waals surface area contributed by atoms with Gasteiger partial charge in [0.25, 0.3) is 0 Å². The Morgan fingerprint density at radius 3 is 1.93 bits per heavy atom. The summed E-state index contributed by atoms with van der Waals surface area (Å²) < 4.78 is 10.2. The minimum absolute atomic E-state index is 0.158. The standard InChI is InChI=1S/C36H62O6/c1-4-5-6-7-8-9-12-16-21-26-33(37)27-22-17-14-19-24-29-36(40)42-31-34(38)30-41-35(39)28-23-18-13-10-11-15-20-25-32(2)3/h8-9,14,16-17,21-22,27,32-34,37-38H,4-7,10-13,15,18-20,23-26,28-31H2,1-3H3/b9-8-,17-14+,21-16-,27-22-/t33?,34-/m0/s1. The average molecular weight is 591 g/mol. The molecule has 0 rings (SSSR count). The molecule has 0 fully saturated rings. The van der Waals surface area contributed by atoms with E-state index in [1.165, 1.54) is 51.4 Å². The van der Waals surface area contributed by atoms with Gasteiger partial charge in [0.1, 0.15) is 19.3 Å². The third kappa shape index (κ3) is 30.8. The zero-order chi connectivity index (χ0) is 31.1. The van der Waals surface area contributed by atoms with Crippen LogP contribution in [0.4, 0.5) is 0 Å². The average Bonchev–Trinajstić information content (AvgIpc) is 2.96. The number of rotatable bonds is 28. The van der Waals surface area contributed by atoms with Crippen LogP contribution in [0.5, 0.6) is 0 Å². The summed E-state index contributed by atoms with van der Waals surface area (Å²) in [5.74, 6) is 0.0838. The Bertz CT molecular complexity index is 752. The molecule has 42 heavy (non-hydrogen) atoms. The van der Waals surface area contributed by atoms with Gasteiger partial charge in [-0.1, -0.05) is 127 Å². The maximum absolute atomic E-state index is 11.9. The van der Waals surface area contributed by atoms with Crippen LogP contribution in [0.3, 0.4) is 0 Å². The fourth-order valence-electron chi connectivity index (χ4n) is 4.22. The number of hydrogen-bond donors (Lipinski definition) is 2. The lowest BCUT2D eigenvalue weighted by Gasteiger charge is -2.12. The number of carbonyl (C=O) groups excluding carboxylic acids is 2. The summed E-state index contributed by atoms with van der Waals surface area (Å²) in [7, 11) is 0. The minimum atomic E-state index is -1.01. The molecule has 0 saturated heterocycles. The van der Waals surface area contributed by atoms with Crippen LogP contribution in [0, 0.1) is 5.92 Å². The Morgan fingerprint density at radius 1 is 0.667 bits per heavy atom. The predicted octanol–water partition coefficient (Wildman–Crippen LogP) is 8.72. The number of hydrogen-bond acceptors (Lipinski definition) is 6. The zero-order valence-corrected chi connectivity index (χ0v) is 27.0. The molecule has 0 saturated carbocycles. The van der Waals surface area contributed by atoms with E-state index in [4.69, 9.17) is 9.47 Å². The highest BCUT2D eigenvalue weighted by atomic mass is 16.6. The molecule has 0 aliphatic rings. The first kappa shape index (κ1) is 39.8. The fourth-order valence-corrected chi connectivity index (χ4v) is 4.22. The van der Waals surface area contributed by atoms with Gasteiger partial charge >= 0.3 is 11.9 Å². The van der Waals surface area contributed by atoms with Gasteiger partial charge in [-0.05, 0) is 50.9 Å². The number of esters is 2.